The second-order valence-corrected chi connectivity index (χ2v) is 5.80. The Morgan fingerprint density at radius 1 is 0.917 bits per heavy atom. The second kappa shape index (κ2) is 6.28. The fraction of sp³-hybridized carbons (Fsp3) is 0.158. The summed E-state index contributed by atoms with van der Waals surface area (Å²) in [5.41, 5.74) is 2.17. The van der Waals surface area contributed by atoms with E-state index in [1.807, 2.05) is 26.0 Å². The monoisotopic (exact) mass is 324 g/mol. The molecule has 0 aliphatic rings. The molecule has 0 saturated heterocycles. The summed E-state index contributed by atoms with van der Waals surface area (Å²) in [5.74, 6) is -0.371. The average Bonchev–Trinajstić information content (AvgIpc) is 2.55. The number of hydrogen-bond donors (Lipinski definition) is 0. The SMILES string of the molecule is Cc1ccc(-n2ccn(Cc3cccc(F)c3)c(=O)c2=O)cc1C. The van der Waals surface area contributed by atoms with Crippen LogP contribution in [0, 0.1) is 19.7 Å². The predicted octanol–water partition coefficient (Wildman–Crippen LogP) is 2.80. The summed E-state index contributed by atoms with van der Waals surface area (Å²) in [6, 6.07) is 11.6. The van der Waals surface area contributed by atoms with Crippen molar-refractivity contribution in [2.75, 3.05) is 0 Å². The standard InChI is InChI=1S/C19H17FN2O2/c1-13-6-7-17(10-14(13)2)22-9-8-21(18(23)19(22)24)12-15-4-3-5-16(20)11-15/h3-11H,12H2,1-2H3. The Hall–Kier alpha value is -2.95. The zero-order valence-electron chi connectivity index (χ0n) is 13.5. The van der Waals surface area contributed by atoms with Crippen LogP contribution in [0.25, 0.3) is 5.69 Å². The van der Waals surface area contributed by atoms with Crippen LogP contribution in [0.5, 0.6) is 0 Å². The van der Waals surface area contributed by atoms with Gasteiger partial charge in [-0.25, -0.2) is 4.39 Å². The Bertz CT molecular complexity index is 1020. The minimum absolute atomic E-state index is 0.152. The molecule has 122 valence electrons. The van der Waals surface area contributed by atoms with E-state index in [1.165, 1.54) is 21.3 Å². The highest BCUT2D eigenvalue weighted by atomic mass is 19.1. The first-order valence-corrected chi connectivity index (χ1v) is 7.60. The van der Waals surface area contributed by atoms with Crippen LogP contribution in [0.4, 0.5) is 4.39 Å². The van der Waals surface area contributed by atoms with Crippen LogP contribution in [0.2, 0.25) is 0 Å². The quantitative estimate of drug-likeness (QED) is 0.695. The molecule has 3 aromatic rings. The molecular weight excluding hydrogens is 307 g/mol. The summed E-state index contributed by atoms with van der Waals surface area (Å²) in [4.78, 5) is 24.7. The van der Waals surface area contributed by atoms with E-state index in [0.717, 1.165) is 11.1 Å². The van der Waals surface area contributed by atoms with Gasteiger partial charge < -0.3 is 4.57 Å². The molecule has 0 N–H and O–H groups in total. The van der Waals surface area contributed by atoms with Crippen LogP contribution in [-0.4, -0.2) is 9.13 Å². The van der Waals surface area contributed by atoms with Gasteiger partial charge >= 0.3 is 11.1 Å². The number of rotatable bonds is 3. The summed E-state index contributed by atoms with van der Waals surface area (Å²) in [5, 5.41) is 0. The third-order valence-electron chi connectivity index (χ3n) is 4.07. The van der Waals surface area contributed by atoms with Gasteiger partial charge in [0.1, 0.15) is 5.82 Å². The number of nitrogens with zero attached hydrogens (tertiary/aromatic N) is 2. The molecule has 0 radical (unpaired) electrons. The molecule has 2 aromatic carbocycles. The van der Waals surface area contributed by atoms with E-state index in [9.17, 15) is 14.0 Å². The molecule has 5 heteroatoms. The minimum atomic E-state index is -0.639. The molecule has 1 aromatic heterocycles. The molecule has 0 amide bonds. The topological polar surface area (TPSA) is 44.0 Å². The Kier molecular flexibility index (Phi) is 4.16. The molecule has 1 heterocycles. The summed E-state index contributed by atoms with van der Waals surface area (Å²) < 4.78 is 15.9. The van der Waals surface area contributed by atoms with Crippen molar-refractivity contribution in [2.45, 2.75) is 20.4 Å². The molecule has 0 unspecified atom stereocenters. The van der Waals surface area contributed by atoms with Gasteiger partial charge in [0.2, 0.25) is 0 Å². The molecule has 0 atom stereocenters. The molecule has 0 saturated carbocycles. The average molecular weight is 324 g/mol. The number of aryl methyl sites for hydroxylation is 2. The third kappa shape index (κ3) is 3.06. The second-order valence-electron chi connectivity index (χ2n) is 5.80. The summed E-state index contributed by atoms with van der Waals surface area (Å²) in [7, 11) is 0. The zero-order valence-corrected chi connectivity index (χ0v) is 13.5. The highest BCUT2D eigenvalue weighted by Gasteiger charge is 2.08. The Morgan fingerprint density at radius 3 is 2.42 bits per heavy atom. The number of aromatic nitrogens is 2. The van der Waals surface area contributed by atoms with Crippen LogP contribution in [0.3, 0.4) is 0 Å². The molecule has 0 spiro atoms. The van der Waals surface area contributed by atoms with E-state index in [0.29, 0.717) is 11.3 Å². The van der Waals surface area contributed by atoms with E-state index in [4.69, 9.17) is 0 Å². The van der Waals surface area contributed by atoms with Gasteiger partial charge in [0, 0.05) is 18.1 Å². The van der Waals surface area contributed by atoms with Gasteiger partial charge in [-0.05, 0) is 54.8 Å². The molecule has 0 aliphatic heterocycles. The van der Waals surface area contributed by atoms with Crippen molar-refractivity contribution in [2.24, 2.45) is 0 Å². The van der Waals surface area contributed by atoms with E-state index in [1.54, 1.807) is 30.6 Å². The van der Waals surface area contributed by atoms with Gasteiger partial charge in [-0.2, -0.15) is 0 Å². The minimum Gasteiger partial charge on any atom is -0.305 e. The van der Waals surface area contributed by atoms with Gasteiger partial charge in [0.15, 0.2) is 0 Å². The van der Waals surface area contributed by atoms with Crippen molar-refractivity contribution in [1.82, 2.24) is 9.13 Å². The van der Waals surface area contributed by atoms with Crippen molar-refractivity contribution in [3.63, 3.8) is 0 Å². The Labute approximate surface area is 138 Å². The van der Waals surface area contributed by atoms with Gasteiger partial charge in [-0.3, -0.25) is 14.2 Å². The van der Waals surface area contributed by atoms with Crippen LogP contribution in [-0.2, 0) is 6.54 Å². The third-order valence-corrected chi connectivity index (χ3v) is 4.07. The van der Waals surface area contributed by atoms with Gasteiger partial charge in [-0.1, -0.05) is 18.2 Å². The smallest absolute Gasteiger partial charge is 0.305 e. The van der Waals surface area contributed by atoms with E-state index >= 15 is 0 Å². The van der Waals surface area contributed by atoms with Gasteiger partial charge in [0.05, 0.1) is 6.54 Å². The normalized spacial score (nSPS) is 10.8. The first-order chi connectivity index (χ1) is 11.5. The first-order valence-electron chi connectivity index (χ1n) is 7.60. The zero-order chi connectivity index (χ0) is 17.3. The van der Waals surface area contributed by atoms with Crippen LogP contribution >= 0.6 is 0 Å². The maximum absolute atomic E-state index is 13.3. The van der Waals surface area contributed by atoms with Crippen LogP contribution in [0.15, 0.2) is 64.4 Å². The van der Waals surface area contributed by atoms with E-state index in [-0.39, 0.29) is 12.4 Å². The lowest BCUT2D eigenvalue weighted by Crippen LogP contribution is -2.40. The lowest BCUT2D eigenvalue weighted by atomic mass is 10.1. The summed E-state index contributed by atoms with van der Waals surface area (Å²) in [6.07, 6.45) is 3.11. The van der Waals surface area contributed by atoms with Crippen molar-refractivity contribution in [1.29, 1.82) is 0 Å². The number of hydrogen-bond acceptors (Lipinski definition) is 2. The molecular formula is C19H17FN2O2. The fourth-order valence-electron chi connectivity index (χ4n) is 2.54. The molecule has 0 aliphatic carbocycles. The van der Waals surface area contributed by atoms with Crippen molar-refractivity contribution in [3.8, 4) is 5.69 Å². The van der Waals surface area contributed by atoms with Crippen LogP contribution in [0.1, 0.15) is 16.7 Å². The predicted molar refractivity (Wildman–Crippen MR) is 91.3 cm³/mol. The van der Waals surface area contributed by atoms with Crippen molar-refractivity contribution < 1.29 is 4.39 Å². The Morgan fingerprint density at radius 2 is 1.71 bits per heavy atom. The maximum atomic E-state index is 13.3. The van der Waals surface area contributed by atoms with Gasteiger partial charge in [0.25, 0.3) is 0 Å². The van der Waals surface area contributed by atoms with Gasteiger partial charge in [-0.15, -0.1) is 0 Å². The van der Waals surface area contributed by atoms with Crippen LogP contribution < -0.4 is 11.1 Å². The first kappa shape index (κ1) is 15.9. The highest BCUT2D eigenvalue weighted by molar-refractivity contribution is 5.39. The summed E-state index contributed by atoms with van der Waals surface area (Å²) >= 11 is 0. The molecule has 0 bridgehead atoms. The number of halogens is 1. The van der Waals surface area contributed by atoms with E-state index < -0.39 is 11.1 Å². The fourth-order valence-corrected chi connectivity index (χ4v) is 2.54. The number of benzene rings is 2. The molecule has 24 heavy (non-hydrogen) atoms. The lowest BCUT2D eigenvalue weighted by Gasteiger charge is -2.10. The maximum Gasteiger partial charge on any atom is 0.320 e. The molecule has 3 rings (SSSR count). The summed E-state index contributed by atoms with van der Waals surface area (Å²) in [6.45, 7) is 4.09. The van der Waals surface area contributed by atoms with E-state index in [2.05, 4.69) is 0 Å². The molecule has 0 fully saturated rings. The largest absolute Gasteiger partial charge is 0.320 e. The Balaban J connectivity index is 2.01. The highest BCUT2D eigenvalue weighted by Crippen LogP contribution is 2.12. The van der Waals surface area contributed by atoms with Crippen molar-refractivity contribution in [3.05, 3.63) is 98.1 Å². The lowest BCUT2D eigenvalue weighted by molar-refractivity contribution is 0.622. The van der Waals surface area contributed by atoms with Crippen molar-refractivity contribution >= 4 is 0 Å². The molecule has 4 nitrogen and oxygen atoms in total.